The Hall–Kier alpha value is -0.900. The zero-order valence-electron chi connectivity index (χ0n) is 9.56. The highest BCUT2D eigenvalue weighted by molar-refractivity contribution is 5.05. The number of aromatic nitrogens is 3. The van der Waals surface area contributed by atoms with Crippen molar-refractivity contribution in [2.24, 2.45) is 17.6 Å². The molecule has 4 nitrogen and oxygen atoms in total. The van der Waals surface area contributed by atoms with Gasteiger partial charge in [0.25, 0.3) is 0 Å². The molecule has 1 heterocycles. The Balaban J connectivity index is 2.09. The normalized spacial score (nSPS) is 20.2. The molecule has 2 unspecified atom stereocenters. The van der Waals surface area contributed by atoms with Gasteiger partial charge >= 0.3 is 0 Å². The first-order chi connectivity index (χ1) is 7.24. The number of aryl methyl sites for hydroxylation is 1. The summed E-state index contributed by atoms with van der Waals surface area (Å²) in [5.74, 6) is 1.38. The third-order valence-electron chi connectivity index (χ3n) is 3.36. The van der Waals surface area contributed by atoms with E-state index >= 15 is 0 Å². The molecule has 0 aromatic carbocycles. The van der Waals surface area contributed by atoms with Crippen LogP contribution in [0.4, 0.5) is 0 Å². The zero-order valence-corrected chi connectivity index (χ0v) is 9.56. The van der Waals surface area contributed by atoms with Crippen LogP contribution in [-0.2, 0) is 6.54 Å². The number of nitrogens with two attached hydrogens (primary N) is 1. The first kappa shape index (κ1) is 10.6. The van der Waals surface area contributed by atoms with E-state index in [1.807, 2.05) is 10.9 Å². The molecule has 1 aromatic heterocycles. The molecule has 2 N–H and O–H groups in total. The number of rotatable bonds is 5. The summed E-state index contributed by atoms with van der Waals surface area (Å²) in [7, 11) is 0. The molecule has 4 heteroatoms. The van der Waals surface area contributed by atoms with Crippen LogP contribution in [0.3, 0.4) is 0 Å². The van der Waals surface area contributed by atoms with Crippen LogP contribution in [0.25, 0.3) is 0 Å². The minimum Gasteiger partial charge on any atom is -0.322 e. The first-order valence-corrected chi connectivity index (χ1v) is 5.88. The molecule has 1 fully saturated rings. The second-order valence-electron chi connectivity index (χ2n) is 4.60. The van der Waals surface area contributed by atoms with Gasteiger partial charge in [0, 0.05) is 6.54 Å². The van der Waals surface area contributed by atoms with Gasteiger partial charge in [-0.25, -0.2) is 4.68 Å². The molecule has 1 saturated carbocycles. The Kier molecular flexibility index (Phi) is 3.05. The molecule has 0 bridgehead atoms. The standard InChI is InChI=1S/C11H20N4/c1-3-6-15-10(7-13-14-15)11(12)8(2)9-4-5-9/h7-9,11H,3-6,12H2,1-2H3. The maximum Gasteiger partial charge on any atom is 0.0757 e. The fraction of sp³-hybridized carbons (Fsp3) is 0.818. The summed E-state index contributed by atoms with van der Waals surface area (Å²) in [5, 5.41) is 8.03. The van der Waals surface area contributed by atoms with Crippen LogP contribution in [0.2, 0.25) is 0 Å². The van der Waals surface area contributed by atoms with Crippen molar-refractivity contribution in [2.45, 2.75) is 45.7 Å². The molecule has 0 amide bonds. The molecule has 1 aliphatic rings. The Morgan fingerprint density at radius 3 is 2.93 bits per heavy atom. The molecule has 15 heavy (non-hydrogen) atoms. The number of hydrogen-bond donors (Lipinski definition) is 1. The van der Waals surface area contributed by atoms with E-state index in [2.05, 4.69) is 24.2 Å². The van der Waals surface area contributed by atoms with E-state index < -0.39 is 0 Å². The molecule has 1 aromatic rings. The van der Waals surface area contributed by atoms with Crippen molar-refractivity contribution in [1.82, 2.24) is 15.0 Å². The fourth-order valence-electron chi connectivity index (χ4n) is 2.09. The van der Waals surface area contributed by atoms with Crippen molar-refractivity contribution in [3.8, 4) is 0 Å². The van der Waals surface area contributed by atoms with Gasteiger partial charge in [0.2, 0.25) is 0 Å². The maximum atomic E-state index is 6.25. The number of nitrogens with zero attached hydrogens (tertiary/aromatic N) is 3. The second-order valence-corrected chi connectivity index (χ2v) is 4.60. The van der Waals surface area contributed by atoms with Gasteiger partial charge in [-0.1, -0.05) is 19.1 Å². The van der Waals surface area contributed by atoms with Crippen LogP contribution in [0.1, 0.15) is 44.8 Å². The second kappa shape index (κ2) is 4.31. The molecule has 0 aliphatic heterocycles. The first-order valence-electron chi connectivity index (χ1n) is 5.88. The van der Waals surface area contributed by atoms with Crippen molar-refractivity contribution in [3.05, 3.63) is 11.9 Å². The van der Waals surface area contributed by atoms with Crippen molar-refractivity contribution < 1.29 is 0 Å². The van der Waals surface area contributed by atoms with E-state index in [-0.39, 0.29) is 6.04 Å². The van der Waals surface area contributed by atoms with Gasteiger partial charge < -0.3 is 5.73 Å². The Morgan fingerprint density at radius 2 is 2.33 bits per heavy atom. The summed E-state index contributed by atoms with van der Waals surface area (Å²) < 4.78 is 1.95. The smallest absolute Gasteiger partial charge is 0.0757 e. The summed E-state index contributed by atoms with van der Waals surface area (Å²) in [4.78, 5) is 0. The van der Waals surface area contributed by atoms with E-state index in [0.29, 0.717) is 5.92 Å². The van der Waals surface area contributed by atoms with Crippen LogP contribution in [0.15, 0.2) is 6.20 Å². The highest BCUT2D eigenvalue weighted by Crippen LogP contribution is 2.41. The zero-order chi connectivity index (χ0) is 10.8. The lowest BCUT2D eigenvalue weighted by molar-refractivity contribution is 0.389. The monoisotopic (exact) mass is 208 g/mol. The van der Waals surface area contributed by atoms with Crippen molar-refractivity contribution >= 4 is 0 Å². The van der Waals surface area contributed by atoms with Crippen LogP contribution in [-0.4, -0.2) is 15.0 Å². The molecular formula is C11H20N4. The van der Waals surface area contributed by atoms with Gasteiger partial charge in [0.1, 0.15) is 0 Å². The van der Waals surface area contributed by atoms with Crippen LogP contribution in [0, 0.1) is 11.8 Å². The molecule has 84 valence electrons. The third kappa shape index (κ3) is 2.20. The minimum atomic E-state index is 0.0963. The average Bonchev–Trinajstić information content (AvgIpc) is 2.98. The van der Waals surface area contributed by atoms with E-state index in [1.54, 1.807) is 0 Å². The van der Waals surface area contributed by atoms with Gasteiger partial charge in [-0.3, -0.25) is 0 Å². The largest absolute Gasteiger partial charge is 0.322 e. The quantitative estimate of drug-likeness (QED) is 0.801. The lowest BCUT2D eigenvalue weighted by Gasteiger charge is -2.19. The lowest BCUT2D eigenvalue weighted by Crippen LogP contribution is -2.24. The van der Waals surface area contributed by atoms with Gasteiger partial charge in [-0.2, -0.15) is 0 Å². The average molecular weight is 208 g/mol. The molecular weight excluding hydrogens is 188 g/mol. The van der Waals surface area contributed by atoms with E-state index in [9.17, 15) is 0 Å². The SMILES string of the molecule is CCCn1nncc1C(N)C(C)C1CC1. The summed E-state index contributed by atoms with van der Waals surface area (Å²) in [6.45, 7) is 5.30. The molecule has 0 spiro atoms. The highest BCUT2D eigenvalue weighted by Gasteiger charge is 2.33. The molecule has 2 atom stereocenters. The summed E-state index contributed by atoms with van der Waals surface area (Å²) in [6.07, 6.45) is 5.56. The fourth-order valence-corrected chi connectivity index (χ4v) is 2.09. The van der Waals surface area contributed by atoms with E-state index in [0.717, 1.165) is 24.6 Å². The Bertz CT molecular complexity index is 316. The molecule has 0 radical (unpaired) electrons. The summed E-state index contributed by atoms with van der Waals surface area (Å²) in [6, 6.07) is 0.0963. The van der Waals surface area contributed by atoms with Gasteiger partial charge in [0.05, 0.1) is 17.9 Å². The Morgan fingerprint density at radius 1 is 1.60 bits per heavy atom. The third-order valence-corrected chi connectivity index (χ3v) is 3.36. The molecule has 2 rings (SSSR count). The Labute approximate surface area is 90.8 Å². The molecule has 0 saturated heterocycles. The van der Waals surface area contributed by atoms with E-state index in [1.165, 1.54) is 12.8 Å². The molecule has 1 aliphatic carbocycles. The van der Waals surface area contributed by atoms with Crippen molar-refractivity contribution in [2.75, 3.05) is 0 Å². The lowest BCUT2D eigenvalue weighted by atomic mass is 9.95. The van der Waals surface area contributed by atoms with Gasteiger partial charge in [0.15, 0.2) is 0 Å². The van der Waals surface area contributed by atoms with Crippen molar-refractivity contribution in [3.63, 3.8) is 0 Å². The van der Waals surface area contributed by atoms with Crippen molar-refractivity contribution in [1.29, 1.82) is 0 Å². The predicted octanol–water partition coefficient (Wildman–Crippen LogP) is 1.73. The van der Waals surface area contributed by atoms with Crippen LogP contribution < -0.4 is 5.73 Å². The topological polar surface area (TPSA) is 56.7 Å². The van der Waals surface area contributed by atoms with E-state index in [4.69, 9.17) is 5.73 Å². The van der Waals surface area contributed by atoms with Crippen LogP contribution in [0.5, 0.6) is 0 Å². The summed E-state index contributed by atoms with van der Waals surface area (Å²) >= 11 is 0. The maximum absolute atomic E-state index is 6.25. The van der Waals surface area contributed by atoms with Crippen LogP contribution >= 0.6 is 0 Å². The minimum absolute atomic E-state index is 0.0963. The number of hydrogen-bond acceptors (Lipinski definition) is 3. The van der Waals surface area contributed by atoms with Gasteiger partial charge in [-0.15, -0.1) is 5.10 Å². The highest BCUT2D eigenvalue weighted by atomic mass is 15.4. The van der Waals surface area contributed by atoms with Gasteiger partial charge in [-0.05, 0) is 31.1 Å². The predicted molar refractivity (Wildman–Crippen MR) is 59.1 cm³/mol. The summed E-state index contributed by atoms with van der Waals surface area (Å²) in [5.41, 5.74) is 7.35.